The summed E-state index contributed by atoms with van der Waals surface area (Å²) < 4.78 is 0. The van der Waals surface area contributed by atoms with Gasteiger partial charge in [-0.2, -0.15) is 0 Å². The Kier molecular flexibility index (Phi) is 3.89. The summed E-state index contributed by atoms with van der Waals surface area (Å²) in [5, 5.41) is 11.6. The molecule has 0 bridgehead atoms. The van der Waals surface area contributed by atoms with Crippen LogP contribution in [0.5, 0.6) is 0 Å². The van der Waals surface area contributed by atoms with Crippen LogP contribution in [0.4, 0.5) is 0 Å². The van der Waals surface area contributed by atoms with Gasteiger partial charge in [0, 0.05) is 11.7 Å². The zero-order valence-electron chi connectivity index (χ0n) is 10.5. The van der Waals surface area contributed by atoms with Crippen LogP contribution in [-0.4, -0.2) is 33.0 Å². The van der Waals surface area contributed by atoms with Gasteiger partial charge < -0.3 is 10.4 Å². The average Bonchev–Trinajstić information content (AvgIpc) is 2.87. The van der Waals surface area contributed by atoms with Crippen LogP contribution in [0.2, 0.25) is 0 Å². The Morgan fingerprint density at radius 1 is 1.42 bits per heavy atom. The SMILES string of the molecule is CCc1cc(C(=O)NC2C=CC(C(=O)O)C2)ncn1. The smallest absolute Gasteiger partial charge is 0.310 e. The lowest BCUT2D eigenvalue weighted by Gasteiger charge is -2.11. The molecule has 6 nitrogen and oxygen atoms in total. The summed E-state index contributed by atoms with van der Waals surface area (Å²) in [6, 6.07) is 1.39. The van der Waals surface area contributed by atoms with Crippen LogP contribution in [-0.2, 0) is 11.2 Å². The van der Waals surface area contributed by atoms with Crippen LogP contribution in [0.3, 0.4) is 0 Å². The Hall–Kier alpha value is -2.24. The van der Waals surface area contributed by atoms with E-state index in [1.807, 2.05) is 6.92 Å². The average molecular weight is 261 g/mol. The fourth-order valence-electron chi connectivity index (χ4n) is 1.95. The summed E-state index contributed by atoms with van der Waals surface area (Å²) in [4.78, 5) is 30.7. The minimum atomic E-state index is -0.872. The van der Waals surface area contributed by atoms with E-state index in [0.717, 1.165) is 12.1 Å². The molecule has 2 rings (SSSR count). The summed E-state index contributed by atoms with van der Waals surface area (Å²) in [6.45, 7) is 1.95. The third-order valence-electron chi connectivity index (χ3n) is 3.04. The number of aryl methyl sites for hydroxylation is 1. The second kappa shape index (κ2) is 5.60. The van der Waals surface area contributed by atoms with Crippen LogP contribution < -0.4 is 5.32 Å². The molecule has 2 atom stereocenters. The van der Waals surface area contributed by atoms with Crippen LogP contribution >= 0.6 is 0 Å². The largest absolute Gasteiger partial charge is 0.481 e. The second-order valence-corrected chi connectivity index (χ2v) is 4.39. The number of nitrogens with one attached hydrogen (secondary N) is 1. The van der Waals surface area contributed by atoms with Crippen molar-refractivity contribution in [1.82, 2.24) is 15.3 Å². The number of hydrogen-bond acceptors (Lipinski definition) is 4. The highest BCUT2D eigenvalue weighted by atomic mass is 16.4. The quantitative estimate of drug-likeness (QED) is 0.782. The first-order valence-corrected chi connectivity index (χ1v) is 6.13. The van der Waals surface area contributed by atoms with Gasteiger partial charge in [0.1, 0.15) is 12.0 Å². The van der Waals surface area contributed by atoms with E-state index in [2.05, 4.69) is 15.3 Å². The van der Waals surface area contributed by atoms with Crippen LogP contribution in [0.25, 0.3) is 0 Å². The lowest BCUT2D eigenvalue weighted by Crippen LogP contribution is -2.33. The van der Waals surface area contributed by atoms with Gasteiger partial charge in [-0.1, -0.05) is 19.1 Å². The first-order chi connectivity index (χ1) is 9.10. The van der Waals surface area contributed by atoms with Gasteiger partial charge in [0.15, 0.2) is 0 Å². The number of nitrogens with zero attached hydrogens (tertiary/aromatic N) is 2. The van der Waals surface area contributed by atoms with Crippen LogP contribution in [0.1, 0.15) is 29.5 Å². The first kappa shape index (κ1) is 13.2. The molecule has 0 saturated carbocycles. The highest BCUT2D eigenvalue weighted by molar-refractivity contribution is 5.92. The monoisotopic (exact) mass is 261 g/mol. The zero-order valence-corrected chi connectivity index (χ0v) is 10.5. The van der Waals surface area contributed by atoms with E-state index in [1.165, 1.54) is 6.33 Å². The van der Waals surface area contributed by atoms with E-state index in [4.69, 9.17) is 5.11 Å². The molecule has 2 unspecified atom stereocenters. The first-order valence-electron chi connectivity index (χ1n) is 6.13. The molecular weight excluding hydrogens is 246 g/mol. The maximum absolute atomic E-state index is 12.0. The molecule has 0 saturated heterocycles. The standard InChI is InChI=1S/C13H15N3O3/c1-2-9-6-11(15-7-14-9)12(17)16-10-4-3-8(5-10)13(18)19/h3-4,6-8,10H,2,5H2,1H3,(H,16,17)(H,18,19). The number of amides is 1. The van der Waals surface area contributed by atoms with E-state index in [0.29, 0.717) is 12.1 Å². The number of aliphatic carboxylic acids is 1. The van der Waals surface area contributed by atoms with Gasteiger partial charge in [0.2, 0.25) is 0 Å². The Bertz CT molecular complexity index is 528. The van der Waals surface area contributed by atoms with Gasteiger partial charge in [0.05, 0.1) is 5.92 Å². The Labute approximate surface area is 110 Å². The van der Waals surface area contributed by atoms with Crippen molar-refractivity contribution in [3.8, 4) is 0 Å². The molecule has 1 aromatic heterocycles. The molecule has 0 fully saturated rings. The van der Waals surface area contributed by atoms with E-state index < -0.39 is 11.9 Å². The van der Waals surface area contributed by atoms with Crippen molar-refractivity contribution < 1.29 is 14.7 Å². The van der Waals surface area contributed by atoms with E-state index in [9.17, 15) is 9.59 Å². The number of rotatable bonds is 4. The molecule has 0 spiro atoms. The summed E-state index contributed by atoms with van der Waals surface area (Å²) in [5.74, 6) is -1.71. The fourth-order valence-corrected chi connectivity index (χ4v) is 1.95. The van der Waals surface area contributed by atoms with Crippen molar-refractivity contribution in [2.75, 3.05) is 0 Å². The van der Waals surface area contributed by atoms with Crippen LogP contribution in [0.15, 0.2) is 24.5 Å². The molecule has 0 radical (unpaired) electrons. The van der Waals surface area contributed by atoms with Crippen molar-refractivity contribution in [3.05, 3.63) is 35.9 Å². The van der Waals surface area contributed by atoms with Gasteiger partial charge in [-0.25, -0.2) is 9.97 Å². The molecule has 19 heavy (non-hydrogen) atoms. The molecule has 1 aromatic rings. The lowest BCUT2D eigenvalue weighted by atomic mass is 10.1. The predicted octanol–water partition coefficient (Wildman–Crippen LogP) is 0.798. The molecule has 1 aliphatic rings. The lowest BCUT2D eigenvalue weighted by molar-refractivity contribution is -0.140. The molecule has 0 aliphatic heterocycles. The predicted molar refractivity (Wildman–Crippen MR) is 67.5 cm³/mol. The number of aromatic nitrogens is 2. The highest BCUT2D eigenvalue weighted by Crippen LogP contribution is 2.18. The van der Waals surface area contributed by atoms with E-state index in [-0.39, 0.29) is 11.9 Å². The number of carbonyl (C=O) groups is 2. The number of carboxylic acid groups (broad SMARTS) is 1. The summed E-state index contributed by atoms with van der Waals surface area (Å²) in [6.07, 6.45) is 5.78. The summed E-state index contributed by atoms with van der Waals surface area (Å²) in [5.41, 5.74) is 1.10. The minimum Gasteiger partial charge on any atom is -0.481 e. The molecule has 2 N–H and O–H groups in total. The zero-order chi connectivity index (χ0) is 13.8. The molecular formula is C13H15N3O3. The minimum absolute atomic E-state index is 0.256. The number of carbonyl (C=O) groups excluding carboxylic acids is 1. The Morgan fingerprint density at radius 3 is 2.84 bits per heavy atom. The van der Waals surface area contributed by atoms with Gasteiger partial charge in [-0.3, -0.25) is 9.59 Å². The highest BCUT2D eigenvalue weighted by Gasteiger charge is 2.25. The molecule has 6 heteroatoms. The molecule has 100 valence electrons. The van der Waals surface area contributed by atoms with Gasteiger partial charge in [-0.15, -0.1) is 0 Å². The fraction of sp³-hybridized carbons (Fsp3) is 0.385. The summed E-state index contributed by atoms with van der Waals surface area (Å²) in [7, 11) is 0. The third kappa shape index (κ3) is 3.15. The van der Waals surface area contributed by atoms with Gasteiger partial charge in [0.25, 0.3) is 5.91 Å². The normalized spacial score (nSPS) is 21.3. The molecule has 1 heterocycles. The third-order valence-corrected chi connectivity index (χ3v) is 3.04. The molecule has 1 aliphatic carbocycles. The molecule has 1 amide bonds. The maximum Gasteiger partial charge on any atom is 0.310 e. The van der Waals surface area contributed by atoms with Gasteiger partial charge >= 0.3 is 5.97 Å². The Morgan fingerprint density at radius 2 is 2.21 bits per heavy atom. The molecule has 0 aromatic carbocycles. The maximum atomic E-state index is 12.0. The second-order valence-electron chi connectivity index (χ2n) is 4.39. The van der Waals surface area contributed by atoms with Crippen molar-refractivity contribution in [1.29, 1.82) is 0 Å². The van der Waals surface area contributed by atoms with Crippen molar-refractivity contribution in [3.63, 3.8) is 0 Å². The summed E-state index contributed by atoms with van der Waals surface area (Å²) >= 11 is 0. The van der Waals surface area contributed by atoms with Crippen molar-refractivity contribution in [2.24, 2.45) is 5.92 Å². The van der Waals surface area contributed by atoms with Crippen LogP contribution in [0, 0.1) is 5.92 Å². The number of hydrogen-bond donors (Lipinski definition) is 2. The van der Waals surface area contributed by atoms with Gasteiger partial charge in [-0.05, 0) is 18.9 Å². The topological polar surface area (TPSA) is 92.2 Å². The van der Waals surface area contributed by atoms with Crippen molar-refractivity contribution >= 4 is 11.9 Å². The van der Waals surface area contributed by atoms with E-state index in [1.54, 1.807) is 18.2 Å². The Balaban J connectivity index is 1.98. The van der Waals surface area contributed by atoms with E-state index >= 15 is 0 Å². The van der Waals surface area contributed by atoms with Crippen molar-refractivity contribution in [2.45, 2.75) is 25.8 Å². The number of carboxylic acids is 1.